The van der Waals surface area contributed by atoms with E-state index in [1.54, 1.807) is 0 Å². The summed E-state index contributed by atoms with van der Waals surface area (Å²) >= 11 is 1.52. The Morgan fingerprint density at radius 1 is 0.889 bits per heavy atom. The van der Waals surface area contributed by atoms with Crippen molar-refractivity contribution in [3.05, 3.63) is 88.1 Å². The lowest BCUT2D eigenvalue weighted by Crippen LogP contribution is -2.02. The van der Waals surface area contributed by atoms with Crippen LogP contribution >= 0.6 is 11.3 Å². The van der Waals surface area contributed by atoms with Crippen molar-refractivity contribution in [3.8, 4) is 21.8 Å². The molecule has 27 heavy (non-hydrogen) atoms. The summed E-state index contributed by atoms with van der Waals surface area (Å²) in [4.78, 5) is 18.5. The highest BCUT2D eigenvalue weighted by Gasteiger charge is 2.16. The van der Waals surface area contributed by atoms with E-state index >= 15 is 0 Å². The lowest BCUT2D eigenvalue weighted by Gasteiger charge is -2.04. The fourth-order valence-corrected chi connectivity index (χ4v) is 4.34. The normalized spacial score (nSPS) is 11.3. The minimum absolute atomic E-state index is 0.355. The number of hydrogen-bond acceptors (Lipinski definition) is 4. The van der Waals surface area contributed by atoms with Gasteiger partial charge in [0.2, 0.25) is 0 Å². The van der Waals surface area contributed by atoms with Crippen molar-refractivity contribution in [1.29, 1.82) is 0 Å². The summed E-state index contributed by atoms with van der Waals surface area (Å²) in [6.07, 6.45) is 0. The highest BCUT2D eigenvalue weighted by molar-refractivity contribution is 7.15. The molecule has 3 aromatic carbocycles. The molecule has 0 N–H and O–H groups in total. The van der Waals surface area contributed by atoms with Gasteiger partial charge in [-0.2, -0.15) is 0 Å². The molecule has 5 rings (SSSR count). The molecule has 2 heterocycles. The quantitative estimate of drug-likeness (QED) is 0.281. The first-order valence-electron chi connectivity index (χ1n) is 8.69. The van der Waals surface area contributed by atoms with Crippen molar-refractivity contribution in [3.63, 3.8) is 0 Å². The first-order chi connectivity index (χ1) is 13.2. The van der Waals surface area contributed by atoms with Crippen LogP contribution in [-0.4, -0.2) is 4.98 Å². The summed E-state index contributed by atoms with van der Waals surface area (Å²) in [6.45, 7) is 2.03. The van der Waals surface area contributed by atoms with Crippen LogP contribution in [0.15, 0.2) is 82.0 Å². The largest absolute Gasteiger partial charge is 0.422 e. The maximum absolute atomic E-state index is 12.6. The van der Waals surface area contributed by atoms with Gasteiger partial charge in [0, 0.05) is 15.8 Å². The SMILES string of the molecule is Cc1sc(-c2cc3c(ccc4ccccc43)oc2=O)nc1-c1ccccc1. The standard InChI is InChI=1S/C23H15NO2S/c1-14-21(16-8-3-2-4-9-16)24-22(27-14)19-13-18-17-10-6-5-7-15(17)11-12-20(18)26-23(19)25/h2-13H,1H3. The third-order valence-electron chi connectivity index (χ3n) is 4.72. The second kappa shape index (κ2) is 6.18. The smallest absolute Gasteiger partial charge is 0.346 e. The lowest BCUT2D eigenvalue weighted by atomic mass is 10.0. The van der Waals surface area contributed by atoms with Crippen LogP contribution in [0.5, 0.6) is 0 Å². The Balaban J connectivity index is 1.75. The number of nitrogens with zero attached hydrogens (tertiary/aromatic N) is 1. The van der Waals surface area contributed by atoms with Crippen LogP contribution in [-0.2, 0) is 0 Å². The number of aryl methyl sites for hydroxylation is 1. The van der Waals surface area contributed by atoms with Crippen molar-refractivity contribution < 1.29 is 4.42 Å². The molecule has 0 radical (unpaired) electrons. The summed E-state index contributed by atoms with van der Waals surface area (Å²) in [6, 6.07) is 23.9. The summed E-state index contributed by atoms with van der Waals surface area (Å²) in [5, 5.41) is 3.80. The van der Waals surface area contributed by atoms with Crippen molar-refractivity contribution in [2.24, 2.45) is 0 Å². The third kappa shape index (κ3) is 2.66. The van der Waals surface area contributed by atoms with Gasteiger partial charge in [-0.3, -0.25) is 0 Å². The maximum atomic E-state index is 12.6. The molecule has 0 saturated heterocycles. The van der Waals surface area contributed by atoms with Gasteiger partial charge in [0.15, 0.2) is 0 Å². The molecule has 0 unspecified atom stereocenters. The number of benzene rings is 3. The minimum atomic E-state index is -0.355. The number of rotatable bonds is 2. The topological polar surface area (TPSA) is 43.1 Å². The van der Waals surface area contributed by atoms with Crippen LogP contribution in [0.25, 0.3) is 43.6 Å². The van der Waals surface area contributed by atoms with Gasteiger partial charge in [-0.15, -0.1) is 11.3 Å². The molecule has 0 atom stereocenters. The molecule has 0 aliphatic rings. The third-order valence-corrected chi connectivity index (χ3v) is 5.72. The maximum Gasteiger partial charge on any atom is 0.346 e. The summed E-state index contributed by atoms with van der Waals surface area (Å²) in [5.74, 6) is 0. The van der Waals surface area contributed by atoms with E-state index < -0.39 is 0 Å². The molecule has 0 saturated carbocycles. The van der Waals surface area contributed by atoms with Crippen molar-refractivity contribution in [2.45, 2.75) is 6.92 Å². The van der Waals surface area contributed by atoms with Gasteiger partial charge >= 0.3 is 5.63 Å². The molecule has 0 spiro atoms. The van der Waals surface area contributed by atoms with Gasteiger partial charge in [0.25, 0.3) is 0 Å². The van der Waals surface area contributed by atoms with Crippen molar-refractivity contribution >= 4 is 33.1 Å². The highest BCUT2D eigenvalue weighted by atomic mass is 32.1. The number of hydrogen-bond donors (Lipinski definition) is 0. The van der Waals surface area contributed by atoms with E-state index in [-0.39, 0.29) is 5.63 Å². The van der Waals surface area contributed by atoms with Gasteiger partial charge in [-0.1, -0.05) is 60.7 Å². The van der Waals surface area contributed by atoms with E-state index in [0.29, 0.717) is 16.2 Å². The van der Waals surface area contributed by atoms with Crippen LogP contribution in [0.3, 0.4) is 0 Å². The van der Waals surface area contributed by atoms with Gasteiger partial charge in [0.05, 0.1) is 11.3 Å². The Labute approximate surface area is 159 Å². The van der Waals surface area contributed by atoms with Crippen molar-refractivity contribution in [1.82, 2.24) is 4.98 Å². The molecular formula is C23H15NO2S. The Bertz CT molecular complexity index is 1350. The fraction of sp³-hybridized carbons (Fsp3) is 0.0435. The van der Waals surface area contributed by atoms with E-state index in [9.17, 15) is 4.79 Å². The van der Waals surface area contributed by atoms with Crippen molar-refractivity contribution in [2.75, 3.05) is 0 Å². The van der Waals surface area contributed by atoms with Gasteiger partial charge < -0.3 is 4.42 Å². The number of fused-ring (bicyclic) bond motifs is 3. The number of thiazole rings is 1. The molecule has 0 bridgehead atoms. The summed E-state index contributed by atoms with van der Waals surface area (Å²) in [5.41, 5.74) is 2.71. The minimum Gasteiger partial charge on any atom is -0.422 e. The zero-order valence-electron chi connectivity index (χ0n) is 14.6. The van der Waals surface area contributed by atoms with Crippen LogP contribution in [0.1, 0.15) is 4.88 Å². The lowest BCUT2D eigenvalue weighted by molar-refractivity contribution is 0.564. The molecular weight excluding hydrogens is 354 g/mol. The predicted octanol–water partition coefficient (Wildman–Crippen LogP) is 6.05. The van der Waals surface area contributed by atoms with E-state index in [1.807, 2.05) is 73.7 Å². The zero-order valence-corrected chi connectivity index (χ0v) is 15.4. The Morgan fingerprint density at radius 2 is 1.67 bits per heavy atom. The van der Waals surface area contributed by atoms with Crippen LogP contribution in [0.4, 0.5) is 0 Å². The summed E-state index contributed by atoms with van der Waals surface area (Å²) in [7, 11) is 0. The predicted molar refractivity (Wildman–Crippen MR) is 111 cm³/mol. The second-order valence-electron chi connectivity index (χ2n) is 6.44. The molecule has 0 amide bonds. The van der Waals surface area contributed by atoms with Crippen LogP contribution in [0, 0.1) is 6.92 Å². The fourth-order valence-electron chi connectivity index (χ4n) is 3.40. The Morgan fingerprint density at radius 3 is 2.52 bits per heavy atom. The van der Waals surface area contributed by atoms with Gasteiger partial charge in [0.1, 0.15) is 10.6 Å². The van der Waals surface area contributed by atoms with Gasteiger partial charge in [-0.05, 0) is 29.8 Å². The van der Waals surface area contributed by atoms with E-state index in [2.05, 4.69) is 6.07 Å². The molecule has 5 aromatic rings. The first kappa shape index (κ1) is 16.0. The van der Waals surface area contributed by atoms with Crippen LogP contribution < -0.4 is 5.63 Å². The highest BCUT2D eigenvalue weighted by Crippen LogP contribution is 2.34. The number of aromatic nitrogens is 1. The van der Waals surface area contributed by atoms with E-state index in [0.717, 1.165) is 32.3 Å². The molecule has 2 aromatic heterocycles. The average Bonchev–Trinajstić information content (AvgIpc) is 3.09. The second-order valence-corrected chi connectivity index (χ2v) is 7.64. The van der Waals surface area contributed by atoms with Crippen LogP contribution in [0.2, 0.25) is 0 Å². The monoisotopic (exact) mass is 369 g/mol. The Hall–Kier alpha value is -3.24. The van der Waals surface area contributed by atoms with E-state index in [4.69, 9.17) is 9.40 Å². The molecule has 0 aliphatic heterocycles. The first-order valence-corrected chi connectivity index (χ1v) is 9.51. The molecule has 130 valence electrons. The van der Waals surface area contributed by atoms with E-state index in [1.165, 1.54) is 11.3 Å². The van der Waals surface area contributed by atoms with Gasteiger partial charge in [-0.25, -0.2) is 9.78 Å². The Kier molecular flexibility index (Phi) is 3.66. The average molecular weight is 369 g/mol. The molecule has 4 heteroatoms. The zero-order chi connectivity index (χ0) is 18.4. The summed E-state index contributed by atoms with van der Waals surface area (Å²) < 4.78 is 5.62. The molecule has 0 fully saturated rings. The molecule has 3 nitrogen and oxygen atoms in total. The molecule has 0 aliphatic carbocycles.